The first-order chi connectivity index (χ1) is 12.1. The maximum Gasteiger partial charge on any atom is 0.228 e. The molecule has 4 atom stereocenters. The average Bonchev–Trinajstić information content (AvgIpc) is 3.09. The van der Waals surface area contributed by atoms with Crippen LogP contribution in [0, 0.1) is 5.92 Å². The second-order valence-corrected chi connectivity index (χ2v) is 6.72. The van der Waals surface area contributed by atoms with Crippen molar-refractivity contribution in [3.63, 3.8) is 0 Å². The number of aromatic nitrogens is 3. The number of amides is 1. The van der Waals surface area contributed by atoms with Crippen molar-refractivity contribution >= 4 is 22.8 Å². The predicted molar refractivity (Wildman–Crippen MR) is 88.6 cm³/mol. The molecule has 0 aromatic carbocycles. The fraction of sp³-hybridized carbons (Fsp3) is 0.562. The van der Waals surface area contributed by atoms with Gasteiger partial charge in [0.2, 0.25) is 5.91 Å². The van der Waals surface area contributed by atoms with Crippen molar-refractivity contribution in [3.05, 3.63) is 18.1 Å². The molecule has 3 heterocycles. The van der Waals surface area contributed by atoms with Gasteiger partial charge in [-0.2, -0.15) is 0 Å². The van der Waals surface area contributed by atoms with Crippen LogP contribution in [-0.2, 0) is 4.79 Å². The van der Waals surface area contributed by atoms with E-state index in [0.717, 1.165) is 19.3 Å². The number of carbonyl (C=O) groups excluding carboxylic acids is 1. The maximum atomic E-state index is 12.2. The van der Waals surface area contributed by atoms with Crippen LogP contribution in [0.25, 0.3) is 11.0 Å². The van der Waals surface area contributed by atoms with E-state index < -0.39 is 24.3 Å². The fourth-order valence-corrected chi connectivity index (χ4v) is 3.48. The second kappa shape index (κ2) is 6.34. The van der Waals surface area contributed by atoms with Crippen LogP contribution in [0.15, 0.2) is 12.5 Å². The van der Waals surface area contributed by atoms with Gasteiger partial charge < -0.3 is 30.9 Å². The zero-order valence-electron chi connectivity index (χ0n) is 13.5. The highest BCUT2D eigenvalue weighted by Crippen LogP contribution is 2.33. The third kappa shape index (κ3) is 2.69. The van der Waals surface area contributed by atoms with Gasteiger partial charge in [0.25, 0.3) is 0 Å². The number of hydrogen-bond donors (Lipinski definition) is 6. The number of anilines is 1. The number of H-pyrrole nitrogens is 1. The van der Waals surface area contributed by atoms with Gasteiger partial charge in [0.1, 0.15) is 17.9 Å². The summed E-state index contributed by atoms with van der Waals surface area (Å²) in [6.45, 7) is -0.283. The maximum absolute atomic E-state index is 12.2. The quantitative estimate of drug-likeness (QED) is 0.434. The largest absolute Gasteiger partial charge is 0.395 e. The lowest BCUT2D eigenvalue weighted by Gasteiger charge is -2.23. The summed E-state index contributed by atoms with van der Waals surface area (Å²) in [5.74, 6) is 0.398. The lowest BCUT2D eigenvalue weighted by molar-refractivity contribution is -0.122. The topological polar surface area (TPSA) is 143 Å². The molecule has 9 nitrogen and oxygen atoms in total. The molecule has 1 amide bonds. The standard InChI is InChI=1S/C16H21N5O4/c22-5-9-13(23)14(24)11(20-9)8-4-17-12-10(8)18-6-19-15(12)21-16(25)7-2-1-3-7/h4,6-7,9,11,13-14,17,20,22-24H,1-3,5H2,(H,18,19,21,25)/t9-,11+,13-,14+/m1/s1. The molecular formula is C16H21N5O4. The Kier molecular flexibility index (Phi) is 4.16. The molecule has 0 radical (unpaired) electrons. The van der Waals surface area contributed by atoms with Gasteiger partial charge in [-0.15, -0.1) is 0 Å². The summed E-state index contributed by atoms with van der Waals surface area (Å²) in [5, 5.41) is 35.4. The van der Waals surface area contributed by atoms with Crippen LogP contribution in [0.2, 0.25) is 0 Å². The molecule has 2 aliphatic rings. The number of fused-ring (bicyclic) bond motifs is 1. The van der Waals surface area contributed by atoms with E-state index >= 15 is 0 Å². The molecule has 6 N–H and O–H groups in total. The SMILES string of the molecule is O=C(Nc1ncnc2c([C@@H]3N[C@H](CO)[C@@H](O)[C@H]3O)c[nH]c12)C1CCC1. The van der Waals surface area contributed by atoms with Gasteiger partial charge in [0.15, 0.2) is 5.82 Å². The van der Waals surface area contributed by atoms with E-state index in [4.69, 9.17) is 0 Å². The lowest BCUT2D eigenvalue weighted by Crippen LogP contribution is -2.35. The number of aliphatic hydroxyl groups is 3. The Bertz CT molecular complexity index is 790. The Labute approximate surface area is 143 Å². The van der Waals surface area contributed by atoms with Crippen LogP contribution >= 0.6 is 0 Å². The molecule has 1 saturated carbocycles. The van der Waals surface area contributed by atoms with Crippen LogP contribution in [0.3, 0.4) is 0 Å². The zero-order chi connectivity index (χ0) is 17.6. The predicted octanol–water partition coefficient (Wildman–Crippen LogP) is -0.577. The number of carbonyl (C=O) groups is 1. The van der Waals surface area contributed by atoms with Crippen LogP contribution < -0.4 is 10.6 Å². The number of aromatic amines is 1. The summed E-state index contributed by atoms with van der Waals surface area (Å²) < 4.78 is 0. The minimum absolute atomic E-state index is 0.0400. The van der Waals surface area contributed by atoms with E-state index in [0.29, 0.717) is 22.4 Å². The van der Waals surface area contributed by atoms with Gasteiger partial charge in [-0.05, 0) is 12.8 Å². The van der Waals surface area contributed by atoms with E-state index in [1.807, 2.05) is 0 Å². The number of nitrogens with one attached hydrogen (secondary N) is 3. The van der Waals surface area contributed by atoms with Crippen molar-refractivity contribution < 1.29 is 20.1 Å². The molecule has 1 aliphatic heterocycles. The Morgan fingerprint density at radius 2 is 2.08 bits per heavy atom. The molecule has 1 aliphatic carbocycles. The van der Waals surface area contributed by atoms with Crippen molar-refractivity contribution in [2.75, 3.05) is 11.9 Å². The van der Waals surface area contributed by atoms with E-state index in [1.54, 1.807) is 6.20 Å². The molecule has 9 heteroatoms. The molecule has 2 aromatic rings. The highest BCUT2D eigenvalue weighted by atomic mass is 16.3. The van der Waals surface area contributed by atoms with Crippen molar-refractivity contribution in [1.29, 1.82) is 0 Å². The molecule has 1 saturated heterocycles. The first kappa shape index (κ1) is 16.4. The molecule has 0 bridgehead atoms. The normalized spacial score (nSPS) is 29.7. The highest BCUT2D eigenvalue weighted by Gasteiger charge is 2.42. The van der Waals surface area contributed by atoms with Gasteiger partial charge in [-0.1, -0.05) is 6.42 Å². The molecular weight excluding hydrogens is 326 g/mol. The van der Waals surface area contributed by atoms with Gasteiger partial charge in [-0.25, -0.2) is 9.97 Å². The van der Waals surface area contributed by atoms with E-state index in [9.17, 15) is 20.1 Å². The first-order valence-corrected chi connectivity index (χ1v) is 8.46. The van der Waals surface area contributed by atoms with Gasteiger partial charge in [0, 0.05) is 17.7 Å². The van der Waals surface area contributed by atoms with Gasteiger partial charge >= 0.3 is 0 Å². The number of rotatable bonds is 4. The Hall–Kier alpha value is -2.07. The Morgan fingerprint density at radius 3 is 2.72 bits per heavy atom. The van der Waals surface area contributed by atoms with Crippen LogP contribution in [0.1, 0.15) is 30.9 Å². The molecule has 25 heavy (non-hydrogen) atoms. The smallest absolute Gasteiger partial charge is 0.228 e. The highest BCUT2D eigenvalue weighted by molar-refractivity contribution is 5.99. The molecule has 4 rings (SSSR count). The van der Waals surface area contributed by atoms with Crippen molar-refractivity contribution in [1.82, 2.24) is 20.3 Å². The first-order valence-electron chi connectivity index (χ1n) is 8.46. The van der Waals surface area contributed by atoms with Crippen LogP contribution in [0.4, 0.5) is 5.82 Å². The minimum Gasteiger partial charge on any atom is -0.395 e. The average molecular weight is 347 g/mol. The van der Waals surface area contributed by atoms with E-state index in [-0.39, 0.29) is 18.4 Å². The number of aliphatic hydroxyl groups excluding tert-OH is 3. The summed E-state index contributed by atoms with van der Waals surface area (Å²) in [7, 11) is 0. The van der Waals surface area contributed by atoms with Crippen molar-refractivity contribution in [2.24, 2.45) is 5.92 Å². The van der Waals surface area contributed by atoms with Crippen LogP contribution in [0.5, 0.6) is 0 Å². The molecule has 2 aromatic heterocycles. The molecule has 134 valence electrons. The van der Waals surface area contributed by atoms with Gasteiger partial charge in [-0.3, -0.25) is 4.79 Å². The third-order valence-corrected chi connectivity index (χ3v) is 5.24. The van der Waals surface area contributed by atoms with Crippen LogP contribution in [-0.4, -0.2) is 61.0 Å². The fourth-order valence-electron chi connectivity index (χ4n) is 3.48. The monoisotopic (exact) mass is 347 g/mol. The Balaban J connectivity index is 1.64. The molecule has 0 spiro atoms. The summed E-state index contributed by atoms with van der Waals surface area (Å²) >= 11 is 0. The van der Waals surface area contributed by atoms with Crippen molar-refractivity contribution in [3.8, 4) is 0 Å². The van der Waals surface area contributed by atoms with Gasteiger partial charge in [0.05, 0.1) is 30.3 Å². The minimum atomic E-state index is -1.07. The molecule has 2 fully saturated rings. The summed E-state index contributed by atoms with van der Waals surface area (Å²) in [4.78, 5) is 23.6. The summed E-state index contributed by atoms with van der Waals surface area (Å²) in [6, 6.07) is -1.18. The Morgan fingerprint density at radius 1 is 1.28 bits per heavy atom. The number of hydrogen-bond acceptors (Lipinski definition) is 7. The lowest BCUT2D eigenvalue weighted by atomic mass is 9.85. The van der Waals surface area contributed by atoms with Crippen molar-refractivity contribution in [2.45, 2.75) is 43.6 Å². The third-order valence-electron chi connectivity index (χ3n) is 5.24. The number of nitrogens with zero attached hydrogens (tertiary/aromatic N) is 2. The summed E-state index contributed by atoms with van der Waals surface area (Å²) in [6.07, 6.45) is 3.76. The zero-order valence-corrected chi connectivity index (χ0v) is 13.5. The second-order valence-electron chi connectivity index (χ2n) is 6.72. The van der Waals surface area contributed by atoms with E-state index in [2.05, 4.69) is 25.6 Å². The van der Waals surface area contributed by atoms with E-state index in [1.165, 1.54) is 6.33 Å². The summed E-state index contributed by atoms with van der Waals surface area (Å²) in [5.41, 5.74) is 1.78. The molecule has 0 unspecified atom stereocenters.